The smallest absolute Gasteiger partial charge is 0.156 e. The molecule has 0 N–H and O–H groups in total. The van der Waals surface area contributed by atoms with Crippen molar-refractivity contribution >= 4 is 5.78 Å². The summed E-state index contributed by atoms with van der Waals surface area (Å²) in [5, 5.41) is 0. The molecule has 0 aromatic heterocycles. The summed E-state index contributed by atoms with van der Waals surface area (Å²) in [5.74, 6) is 0.120. The molecule has 0 spiro atoms. The number of ketones is 1. The van der Waals surface area contributed by atoms with Crippen molar-refractivity contribution in [1.82, 2.24) is 0 Å². The molecule has 0 saturated heterocycles. The molecule has 7 nitrogen and oxygen atoms in total. The predicted octanol–water partition coefficient (Wildman–Crippen LogP) is 6.60. The van der Waals surface area contributed by atoms with Crippen molar-refractivity contribution in [2.24, 2.45) is 5.41 Å². The molecule has 1 aliphatic carbocycles. The lowest BCUT2D eigenvalue weighted by Crippen LogP contribution is -2.19. The van der Waals surface area contributed by atoms with Gasteiger partial charge in [0.2, 0.25) is 0 Å². The van der Waals surface area contributed by atoms with Crippen LogP contribution in [0.1, 0.15) is 66.7 Å². The zero-order valence-corrected chi connectivity index (χ0v) is 26.6. The maximum atomic E-state index is 12.2. The summed E-state index contributed by atoms with van der Waals surface area (Å²) in [6, 6.07) is 0. The first kappa shape index (κ1) is 37.2. The molecule has 234 valence electrons. The maximum Gasteiger partial charge on any atom is 0.156 e. The van der Waals surface area contributed by atoms with Crippen molar-refractivity contribution in [3.63, 3.8) is 0 Å². The average molecular weight is 577 g/mol. The Bertz CT molecular complexity index is 864. The van der Waals surface area contributed by atoms with Crippen molar-refractivity contribution < 1.29 is 33.2 Å². The van der Waals surface area contributed by atoms with Gasteiger partial charge in [0, 0.05) is 20.1 Å². The summed E-state index contributed by atoms with van der Waals surface area (Å²) in [6.45, 7) is 16.9. The summed E-state index contributed by atoms with van der Waals surface area (Å²) in [6.07, 6.45) is 17.2. The first-order chi connectivity index (χ1) is 19.8. The number of ether oxygens (including phenoxy) is 6. The minimum absolute atomic E-state index is 0.120. The Morgan fingerprint density at radius 1 is 0.780 bits per heavy atom. The average Bonchev–Trinajstić information content (AvgIpc) is 2.91. The Labute approximate surface area is 249 Å². The van der Waals surface area contributed by atoms with Crippen LogP contribution in [0.2, 0.25) is 0 Å². The van der Waals surface area contributed by atoms with E-state index in [1.165, 1.54) is 36.0 Å². The molecule has 1 aliphatic rings. The number of allylic oxidation sites excluding steroid dienone is 10. The summed E-state index contributed by atoms with van der Waals surface area (Å²) in [7, 11) is 1.65. The Kier molecular flexibility index (Phi) is 21.4. The standard InChI is InChI=1S/C34H56O7/c1-29(14-15-33-31(3)12-8-16-34(33,4)5)10-7-11-30(2)28-32(35)13-9-17-37-20-21-39-24-25-41-27-26-40-23-22-38-19-18-36-6/h7,10-11,14-15,28H,8-9,12-13,16-27H2,1-6H3/b11-7+,15-14+,29-10+,30-28+. The van der Waals surface area contributed by atoms with Crippen LogP contribution in [0.4, 0.5) is 0 Å². The van der Waals surface area contributed by atoms with E-state index in [-0.39, 0.29) is 11.2 Å². The van der Waals surface area contributed by atoms with Crippen LogP contribution in [0.25, 0.3) is 0 Å². The Morgan fingerprint density at radius 3 is 1.85 bits per heavy atom. The molecule has 0 aromatic rings. The molecule has 0 heterocycles. The van der Waals surface area contributed by atoms with Gasteiger partial charge in [-0.05, 0) is 69.1 Å². The summed E-state index contributed by atoms with van der Waals surface area (Å²) >= 11 is 0. The molecule has 0 radical (unpaired) electrons. The van der Waals surface area contributed by atoms with Gasteiger partial charge in [-0.1, -0.05) is 55.4 Å². The molecule has 0 amide bonds. The number of carbonyl (C=O) groups excluding carboxylic acids is 1. The normalized spacial score (nSPS) is 16.4. The van der Waals surface area contributed by atoms with Gasteiger partial charge in [0.15, 0.2) is 5.78 Å². The Morgan fingerprint density at radius 2 is 1.32 bits per heavy atom. The number of hydrogen-bond donors (Lipinski definition) is 0. The summed E-state index contributed by atoms with van der Waals surface area (Å²) in [5.41, 5.74) is 5.37. The van der Waals surface area contributed by atoms with Crippen molar-refractivity contribution in [3.05, 3.63) is 58.7 Å². The second kappa shape index (κ2) is 23.7. The van der Waals surface area contributed by atoms with Crippen LogP contribution in [0.3, 0.4) is 0 Å². The van der Waals surface area contributed by atoms with Gasteiger partial charge >= 0.3 is 0 Å². The molecule has 0 saturated carbocycles. The first-order valence-electron chi connectivity index (χ1n) is 15.1. The second-order valence-electron chi connectivity index (χ2n) is 11.0. The number of carbonyl (C=O) groups is 1. The second-order valence-corrected chi connectivity index (χ2v) is 11.0. The molecular formula is C34H56O7. The third kappa shape index (κ3) is 19.8. The quantitative estimate of drug-likeness (QED) is 0.0729. The van der Waals surface area contributed by atoms with Gasteiger partial charge in [-0.3, -0.25) is 4.79 Å². The third-order valence-corrected chi connectivity index (χ3v) is 6.79. The lowest BCUT2D eigenvalue weighted by molar-refractivity contribution is -0.115. The number of hydrogen-bond acceptors (Lipinski definition) is 7. The highest BCUT2D eigenvalue weighted by Gasteiger charge is 2.26. The van der Waals surface area contributed by atoms with Crippen LogP contribution >= 0.6 is 0 Å². The van der Waals surface area contributed by atoms with E-state index in [4.69, 9.17) is 28.4 Å². The molecule has 41 heavy (non-hydrogen) atoms. The molecule has 0 aromatic carbocycles. The van der Waals surface area contributed by atoms with E-state index in [2.05, 4.69) is 45.9 Å². The molecule has 1 rings (SSSR count). The van der Waals surface area contributed by atoms with Gasteiger partial charge in [0.1, 0.15) is 0 Å². The molecule has 0 bridgehead atoms. The van der Waals surface area contributed by atoms with Gasteiger partial charge in [0.25, 0.3) is 0 Å². The van der Waals surface area contributed by atoms with E-state index in [0.29, 0.717) is 85.5 Å². The van der Waals surface area contributed by atoms with Crippen LogP contribution in [0.5, 0.6) is 0 Å². The first-order valence-corrected chi connectivity index (χ1v) is 15.1. The van der Waals surface area contributed by atoms with Crippen molar-refractivity contribution in [1.29, 1.82) is 0 Å². The Balaban J connectivity index is 2.06. The number of rotatable bonds is 24. The van der Waals surface area contributed by atoms with Crippen LogP contribution in [0.15, 0.2) is 58.7 Å². The van der Waals surface area contributed by atoms with E-state index in [1.807, 2.05) is 19.1 Å². The minimum Gasteiger partial charge on any atom is -0.382 e. The fourth-order valence-electron chi connectivity index (χ4n) is 4.48. The van der Waals surface area contributed by atoms with Gasteiger partial charge < -0.3 is 28.4 Å². The van der Waals surface area contributed by atoms with Crippen LogP contribution in [-0.2, 0) is 33.2 Å². The van der Waals surface area contributed by atoms with Crippen LogP contribution in [-0.4, -0.2) is 85.6 Å². The van der Waals surface area contributed by atoms with Crippen molar-refractivity contribution in [2.75, 3.05) is 79.8 Å². The summed E-state index contributed by atoms with van der Waals surface area (Å²) < 4.78 is 32.1. The van der Waals surface area contributed by atoms with Gasteiger partial charge in [-0.15, -0.1) is 0 Å². The van der Waals surface area contributed by atoms with Crippen LogP contribution < -0.4 is 0 Å². The molecule has 0 atom stereocenters. The highest BCUT2D eigenvalue weighted by Crippen LogP contribution is 2.40. The largest absolute Gasteiger partial charge is 0.382 e. The van der Waals surface area contributed by atoms with E-state index >= 15 is 0 Å². The zero-order valence-electron chi connectivity index (χ0n) is 26.6. The van der Waals surface area contributed by atoms with E-state index in [1.54, 1.807) is 13.2 Å². The van der Waals surface area contributed by atoms with E-state index in [0.717, 1.165) is 5.57 Å². The lowest BCUT2D eigenvalue weighted by atomic mass is 9.72. The fraction of sp³-hybridized carbons (Fsp3) is 0.676. The monoisotopic (exact) mass is 576 g/mol. The molecule has 0 aliphatic heterocycles. The lowest BCUT2D eigenvalue weighted by Gasteiger charge is -2.32. The fourth-order valence-corrected chi connectivity index (χ4v) is 4.48. The predicted molar refractivity (Wildman–Crippen MR) is 166 cm³/mol. The molecule has 7 heteroatoms. The van der Waals surface area contributed by atoms with E-state index < -0.39 is 0 Å². The van der Waals surface area contributed by atoms with Gasteiger partial charge in [0.05, 0.1) is 66.1 Å². The topological polar surface area (TPSA) is 72.5 Å². The maximum absolute atomic E-state index is 12.2. The molecule has 0 unspecified atom stereocenters. The summed E-state index contributed by atoms with van der Waals surface area (Å²) in [4.78, 5) is 12.2. The minimum atomic E-state index is 0.120. The zero-order chi connectivity index (χ0) is 30.2. The molecule has 0 fully saturated rings. The highest BCUT2D eigenvalue weighted by molar-refractivity contribution is 5.90. The number of methoxy groups -OCH3 is 1. The SMILES string of the molecule is COCCOCCOCCOCCOCCOCCCC(=O)/C=C(C)/C=C/C=C(C)/C=C/C1=C(C)CCCC1(C)C. The van der Waals surface area contributed by atoms with Crippen molar-refractivity contribution in [2.45, 2.75) is 66.7 Å². The Hall–Kier alpha value is -1.87. The van der Waals surface area contributed by atoms with E-state index in [9.17, 15) is 4.79 Å². The van der Waals surface area contributed by atoms with Crippen LogP contribution in [0, 0.1) is 5.41 Å². The van der Waals surface area contributed by atoms with Gasteiger partial charge in [-0.2, -0.15) is 0 Å². The highest BCUT2D eigenvalue weighted by atomic mass is 16.6. The molecular weight excluding hydrogens is 520 g/mol. The van der Waals surface area contributed by atoms with Crippen molar-refractivity contribution in [3.8, 4) is 0 Å². The third-order valence-electron chi connectivity index (χ3n) is 6.79. The van der Waals surface area contributed by atoms with Gasteiger partial charge in [-0.25, -0.2) is 0 Å².